The van der Waals surface area contributed by atoms with E-state index in [1.54, 1.807) is 24.0 Å². The number of nitriles is 1. The summed E-state index contributed by atoms with van der Waals surface area (Å²) in [4.78, 5) is 6.29. The van der Waals surface area contributed by atoms with Gasteiger partial charge in [0.2, 0.25) is 10.0 Å². The maximum Gasteiger partial charge on any atom is 0.243 e. The first-order valence-corrected chi connectivity index (χ1v) is 11.3. The lowest BCUT2D eigenvalue weighted by Crippen LogP contribution is -2.60. The fourth-order valence-corrected chi connectivity index (χ4v) is 4.90. The lowest BCUT2D eigenvalue weighted by molar-refractivity contribution is 0.309. The highest BCUT2D eigenvalue weighted by molar-refractivity contribution is 7.89. The number of hydrogen-bond donors (Lipinski definition) is 0. The lowest BCUT2D eigenvalue weighted by Gasteiger charge is -2.43. The molecule has 1 aliphatic rings. The summed E-state index contributed by atoms with van der Waals surface area (Å²) >= 11 is 0. The van der Waals surface area contributed by atoms with E-state index in [2.05, 4.69) is 20.3 Å². The molecule has 160 valence electrons. The van der Waals surface area contributed by atoms with Crippen LogP contribution in [0.1, 0.15) is 5.56 Å². The number of pyridine rings is 1. The van der Waals surface area contributed by atoms with Gasteiger partial charge in [-0.1, -0.05) is 0 Å². The molecule has 1 saturated heterocycles. The Balaban J connectivity index is 1.34. The number of fused-ring (bicyclic) bond motifs is 1. The third-order valence-corrected chi connectivity index (χ3v) is 7.45. The first-order chi connectivity index (χ1) is 15.5. The molecule has 0 amide bonds. The van der Waals surface area contributed by atoms with Crippen LogP contribution in [0.4, 0.5) is 5.82 Å². The van der Waals surface area contributed by atoms with E-state index in [1.807, 2.05) is 35.2 Å². The standard InChI is InChI=1S/C21H18N8O2S/c1-27(32(30,31)18-6-4-15(11-22)5-7-18)17-13-28(14-17)20-9-8-19-24-25-21(29(19)26-20)16-3-2-10-23-12-16/h2-10,12,17H,13-14H2,1H3. The summed E-state index contributed by atoms with van der Waals surface area (Å²) in [7, 11) is -2.08. The second kappa shape index (κ2) is 7.67. The largest absolute Gasteiger partial charge is 0.352 e. The number of anilines is 1. The molecule has 32 heavy (non-hydrogen) atoms. The first kappa shape index (κ1) is 20.0. The van der Waals surface area contributed by atoms with Crippen LogP contribution in [0.15, 0.2) is 65.8 Å². The Hall–Kier alpha value is -3.88. The molecule has 0 N–H and O–H groups in total. The molecule has 4 aromatic rings. The van der Waals surface area contributed by atoms with E-state index in [0.29, 0.717) is 35.9 Å². The molecule has 1 aliphatic heterocycles. The second-order valence-electron chi connectivity index (χ2n) is 7.44. The van der Waals surface area contributed by atoms with Crippen LogP contribution in [0.3, 0.4) is 0 Å². The van der Waals surface area contributed by atoms with Gasteiger partial charge in [-0.3, -0.25) is 4.98 Å². The summed E-state index contributed by atoms with van der Waals surface area (Å²) in [6, 6.07) is 15.1. The molecule has 0 unspecified atom stereocenters. The van der Waals surface area contributed by atoms with Crippen molar-refractivity contribution in [1.29, 1.82) is 5.26 Å². The Morgan fingerprint density at radius 2 is 1.88 bits per heavy atom. The van der Waals surface area contributed by atoms with E-state index in [4.69, 9.17) is 5.26 Å². The van der Waals surface area contributed by atoms with Crippen LogP contribution in [-0.2, 0) is 10.0 Å². The van der Waals surface area contributed by atoms with Gasteiger partial charge in [0.25, 0.3) is 0 Å². The molecule has 1 fully saturated rings. The summed E-state index contributed by atoms with van der Waals surface area (Å²) in [6.45, 7) is 1.02. The van der Waals surface area contributed by atoms with Gasteiger partial charge < -0.3 is 4.90 Å². The molecule has 1 aromatic carbocycles. The van der Waals surface area contributed by atoms with Gasteiger partial charge in [0.05, 0.1) is 22.6 Å². The highest BCUT2D eigenvalue weighted by atomic mass is 32.2. The SMILES string of the molecule is CN(C1CN(c2ccc3nnc(-c4cccnc4)n3n2)C1)S(=O)(=O)c1ccc(C#N)cc1. The van der Waals surface area contributed by atoms with Gasteiger partial charge in [-0.05, 0) is 48.5 Å². The highest BCUT2D eigenvalue weighted by Crippen LogP contribution is 2.26. The fourth-order valence-electron chi connectivity index (χ4n) is 3.56. The Labute approximate surface area is 184 Å². The number of sulfonamides is 1. The zero-order valence-electron chi connectivity index (χ0n) is 17.1. The third kappa shape index (κ3) is 3.35. The topological polar surface area (TPSA) is 120 Å². The van der Waals surface area contributed by atoms with Crippen molar-refractivity contribution in [2.75, 3.05) is 25.0 Å². The summed E-state index contributed by atoms with van der Waals surface area (Å²) in [5, 5.41) is 21.9. The van der Waals surface area contributed by atoms with Gasteiger partial charge in [0.15, 0.2) is 11.5 Å². The van der Waals surface area contributed by atoms with E-state index < -0.39 is 10.0 Å². The van der Waals surface area contributed by atoms with Crippen molar-refractivity contribution in [3.8, 4) is 17.5 Å². The van der Waals surface area contributed by atoms with Crippen LogP contribution in [0.2, 0.25) is 0 Å². The van der Waals surface area contributed by atoms with Gasteiger partial charge in [-0.25, -0.2) is 8.42 Å². The zero-order chi connectivity index (χ0) is 22.3. The fraction of sp³-hybridized carbons (Fsp3) is 0.190. The lowest BCUT2D eigenvalue weighted by atomic mass is 10.1. The van der Waals surface area contributed by atoms with E-state index in [-0.39, 0.29) is 10.9 Å². The molecule has 11 heteroatoms. The van der Waals surface area contributed by atoms with Crippen molar-refractivity contribution >= 4 is 21.5 Å². The van der Waals surface area contributed by atoms with E-state index in [9.17, 15) is 8.42 Å². The van der Waals surface area contributed by atoms with Crippen LogP contribution >= 0.6 is 0 Å². The van der Waals surface area contributed by atoms with Crippen molar-refractivity contribution in [2.24, 2.45) is 0 Å². The number of hydrogen-bond acceptors (Lipinski definition) is 8. The van der Waals surface area contributed by atoms with Gasteiger partial charge in [-0.15, -0.1) is 15.3 Å². The smallest absolute Gasteiger partial charge is 0.243 e. The molecule has 10 nitrogen and oxygen atoms in total. The van der Waals surface area contributed by atoms with Crippen LogP contribution in [0, 0.1) is 11.3 Å². The summed E-state index contributed by atoms with van der Waals surface area (Å²) < 4.78 is 28.9. The Morgan fingerprint density at radius 1 is 1.09 bits per heavy atom. The Morgan fingerprint density at radius 3 is 2.56 bits per heavy atom. The van der Waals surface area contributed by atoms with Crippen molar-refractivity contribution in [3.05, 3.63) is 66.5 Å². The number of nitrogens with zero attached hydrogens (tertiary/aromatic N) is 8. The maximum absolute atomic E-state index is 12.9. The van der Waals surface area contributed by atoms with Crippen LogP contribution in [0.25, 0.3) is 17.0 Å². The van der Waals surface area contributed by atoms with Gasteiger partial charge in [0, 0.05) is 38.1 Å². The van der Waals surface area contributed by atoms with Crippen LogP contribution < -0.4 is 4.90 Å². The number of benzene rings is 1. The molecule has 5 rings (SSSR count). The van der Waals surface area contributed by atoms with Crippen LogP contribution in [0.5, 0.6) is 0 Å². The number of likely N-dealkylation sites (N-methyl/N-ethyl adjacent to an activating group) is 1. The minimum Gasteiger partial charge on any atom is -0.352 e. The van der Waals surface area contributed by atoms with E-state index in [1.165, 1.54) is 28.6 Å². The molecular weight excluding hydrogens is 428 g/mol. The summed E-state index contributed by atoms with van der Waals surface area (Å²) in [5.74, 6) is 1.30. The van der Waals surface area contributed by atoms with Gasteiger partial charge >= 0.3 is 0 Å². The quantitative estimate of drug-likeness (QED) is 0.453. The van der Waals surface area contributed by atoms with E-state index in [0.717, 1.165) is 5.56 Å². The Bertz CT molecular complexity index is 1420. The average molecular weight is 446 g/mol. The molecule has 0 bridgehead atoms. The molecule has 0 radical (unpaired) electrons. The highest BCUT2D eigenvalue weighted by Gasteiger charge is 2.37. The molecular formula is C21H18N8O2S. The molecule has 0 spiro atoms. The first-order valence-electron chi connectivity index (χ1n) is 9.83. The molecule has 0 aliphatic carbocycles. The minimum atomic E-state index is -3.65. The second-order valence-corrected chi connectivity index (χ2v) is 9.44. The Kier molecular flexibility index (Phi) is 4.80. The van der Waals surface area contributed by atoms with Crippen LogP contribution in [-0.4, -0.2) is 63.7 Å². The normalized spacial score (nSPS) is 14.5. The predicted octanol–water partition coefficient (Wildman–Crippen LogP) is 1.57. The van der Waals surface area contributed by atoms with Gasteiger partial charge in [0.1, 0.15) is 5.82 Å². The van der Waals surface area contributed by atoms with Gasteiger partial charge in [-0.2, -0.15) is 14.1 Å². The van der Waals surface area contributed by atoms with Crippen molar-refractivity contribution in [3.63, 3.8) is 0 Å². The summed E-state index contributed by atoms with van der Waals surface area (Å²) in [6.07, 6.45) is 3.39. The molecule has 0 atom stereocenters. The third-order valence-electron chi connectivity index (χ3n) is 5.53. The zero-order valence-corrected chi connectivity index (χ0v) is 17.9. The minimum absolute atomic E-state index is 0.169. The maximum atomic E-state index is 12.9. The predicted molar refractivity (Wildman–Crippen MR) is 116 cm³/mol. The molecule has 4 heterocycles. The summed E-state index contributed by atoms with van der Waals surface area (Å²) in [5.41, 5.74) is 1.84. The van der Waals surface area contributed by atoms with E-state index >= 15 is 0 Å². The molecule has 0 saturated carbocycles. The van der Waals surface area contributed by atoms with Crippen molar-refractivity contribution in [1.82, 2.24) is 29.1 Å². The monoisotopic (exact) mass is 446 g/mol. The molecule has 3 aromatic heterocycles. The number of aromatic nitrogens is 5. The van der Waals surface area contributed by atoms with Crippen molar-refractivity contribution in [2.45, 2.75) is 10.9 Å². The number of rotatable bonds is 5. The van der Waals surface area contributed by atoms with Crippen molar-refractivity contribution < 1.29 is 8.42 Å². The average Bonchev–Trinajstić information content (AvgIpc) is 3.22.